The fourth-order valence-electron chi connectivity index (χ4n) is 2.19. The molecule has 0 saturated heterocycles. The molecule has 0 amide bonds. The van der Waals surface area contributed by atoms with E-state index in [9.17, 15) is 0 Å². The van der Waals surface area contributed by atoms with E-state index in [0.717, 1.165) is 5.92 Å². The smallest absolute Gasteiger partial charge is 0.0159 e. The van der Waals surface area contributed by atoms with E-state index >= 15 is 0 Å². The molecule has 0 atom stereocenters. The lowest BCUT2D eigenvalue weighted by atomic mass is 9.94. The topological polar surface area (TPSA) is 0 Å². The zero-order chi connectivity index (χ0) is 9.26. The number of hydrogen-bond acceptors (Lipinski definition) is 0. The van der Waals surface area contributed by atoms with Crippen LogP contribution in [0.2, 0.25) is 0 Å². The standard InChI is InChI=1S/C13H18/c1-3-10-6-5-7-13(11-8-9-11)12(10)4-2/h5-7,11H,3-4,8-9H2,1-2H3. The first kappa shape index (κ1) is 8.80. The van der Waals surface area contributed by atoms with Crippen LogP contribution >= 0.6 is 0 Å². The van der Waals surface area contributed by atoms with E-state index in [2.05, 4.69) is 32.0 Å². The first-order valence-electron chi connectivity index (χ1n) is 5.47. The second kappa shape index (κ2) is 3.53. The SMILES string of the molecule is CCc1cccc(C2CC2)c1CC. The third-order valence-electron chi connectivity index (χ3n) is 3.06. The van der Waals surface area contributed by atoms with Gasteiger partial charge in [-0.25, -0.2) is 0 Å². The molecule has 1 aromatic rings. The predicted molar refractivity (Wildman–Crippen MR) is 57.2 cm³/mol. The van der Waals surface area contributed by atoms with Crippen molar-refractivity contribution in [1.29, 1.82) is 0 Å². The first-order valence-corrected chi connectivity index (χ1v) is 5.47. The van der Waals surface area contributed by atoms with Crippen molar-refractivity contribution in [2.75, 3.05) is 0 Å². The van der Waals surface area contributed by atoms with Gasteiger partial charge in [0.25, 0.3) is 0 Å². The quantitative estimate of drug-likeness (QED) is 0.655. The molecule has 0 aromatic heterocycles. The van der Waals surface area contributed by atoms with Crippen molar-refractivity contribution in [2.24, 2.45) is 0 Å². The third-order valence-corrected chi connectivity index (χ3v) is 3.06. The molecule has 0 heterocycles. The van der Waals surface area contributed by atoms with E-state index in [1.807, 2.05) is 0 Å². The summed E-state index contributed by atoms with van der Waals surface area (Å²) in [6.45, 7) is 4.53. The lowest BCUT2D eigenvalue weighted by Crippen LogP contribution is -1.96. The summed E-state index contributed by atoms with van der Waals surface area (Å²) in [6, 6.07) is 6.84. The van der Waals surface area contributed by atoms with Crippen LogP contribution < -0.4 is 0 Å². The van der Waals surface area contributed by atoms with Crippen molar-refractivity contribution < 1.29 is 0 Å². The maximum absolute atomic E-state index is 2.33. The lowest BCUT2D eigenvalue weighted by molar-refractivity contribution is 0.975. The summed E-state index contributed by atoms with van der Waals surface area (Å²) in [6.07, 6.45) is 5.22. The van der Waals surface area contributed by atoms with Crippen LogP contribution in [-0.4, -0.2) is 0 Å². The Morgan fingerprint density at radius 3 is 2.46 bits per heavy atom. The Hall–Kier alpha value is -0.780. The van der Waals surface area contributed by atoms with Crippen LogP contribution in [0, 0.1) is 0 Å². The zero-order valence-corrected chi connectivity index (χ0v) is 8.64. The second-order valence-corrected chi connectivity index (χ2v) is 3.97. The summed E-state index contributed by atoms with van der Waals surface area (Å²) in [5, 5.41) is 0. The van der Waals surface area contributed by atoms with E-state index in [1.165, 1.54) is 25.7 Å². The Balaban J connectivity index is 2.41. The first-order chi connectivity index (χ1) is 6.36. The fourth-order valence-corrected chi connectivity index (χ4v) is 2.19. The highest BCUT2D eigenvalue weighted by molar-refractivity contribution is 5.39. The lowest BCUT2D eigenvalue weighted by Gasteiger charge is -2.11. The minimum Gasteiger partial charge on any atom is -0.0617 e. The van der Waals surface area contributed by atoms with Crippen molar-refractivity contribution in [1.82, 2.24) is 0 Å². The van der Waals surface area contributed by atoms with E-state index in [-0.39, 0.29) is 0 Å². The number of benzene rings is 1. The van der Waals surface area contributed by atoms with Crippen molar-refractivity contribution in [3.8, 4) is 0 Å². The summed E-state index contributed by atoms with van der Waals surface area (Å²) in [4.78, 5) is 0. The molecule has 0 radical (unpaired) electrons. The molecule has 0 heteroatoms. The molecule has 0 bridgehead atoms. The Kier molecular flexibility index (Phi) is 2.39. The maximum Gasteiger partial charge on any atom is -0.0159 e. The summed E-state index contributed by atoms with van der Waals surface area (Å²) < 4.78 is 0. The Bertz CT molecular complexity index is 295. The van der Waals surface area contributed by atoms with Crippen LogP contribution in [0.25, 0.3) is 0 Å². The number of hydrogen-bond donors (Lipinski definition) is 0. The molecule has 70 valence electrons. The van der Waals surface area contributed by atoms with Gasteiger partial charge in [-0.05, 0) is 48.3 Å². The average molecular weight is 174 g/mol. The minimum atomic E-state index is 0.904. The van der Waals surface area contributed by atoms with Crippen LogP contribution in [0.15, 0.2) is 18.2 Å². The van der Waals surface area contributed by atoms with E-state index in [4.69, 9.17) is 0 Å². The molecule has 2 rings (SSSR count). The highest BCUT2D eigenvalue weighted by Gasteiger charge is 2.25. The zero-order valence-electron chi connectivity index (χ0n) is 8.64. The highest BCUT2D eigenvalue weighted by Crippen LogP contribution is 2.42. The monoisotopic (exact) mass is 174 g/mol. The maximum atomic E-state index is 2.33. The molecule has 0 nitrogen and oxygen atoms in total. The fraction of sp³-hybridized carbons (Fsp3) is 0.538. The van der Waals surface area contributed by atoms with Gasteiger partial charge in [0.2, 0.25) is 0 Å². The molecule has 0 spiro atoms. The molecular formula is C13H18. The molecular weight excluding hydrogens is 156 g/mol. The summed E-state index contributed by atoms with van der Waals surface area (Å²) in [5.74, 6) is 0.904. The Labute approximate surface area is 81.0 Å². The van der Waals surface area contributed by atoms with Gasteiger partial charge in [-0.15, -0.1) is 0 Å². The van der Waals surface area contributed by atoms with Gasteiger partial charge in [0, 0.05) is 0 Å². The van der Waals surface area contributed by atoms with Crippen molar-refractivity contribution in [2.45, 2.75) is 45.4 Å². The van der Waals surface area contributed by atoms with Crippen LogP contribution in [0.1, 0.15) is 49.3 Å². The minimum absolute atomic E-state index is 0.904. The van der Waals surface area contributed by atoms with Gasteiger partial charge >= 0.3 is 0 Å². The van der Waals surface area contributed by atoms with Gasteiger partial charge < -0.3 is 0 Å². The Morgan fingerprint density at radius 2 is 1.92 bits per heavy atom. The number of aryl methyl sites for hydroxylation is 1. The molecule has 1 aliphatic rings. The summed E-state index contributed by atoms with van der Waals surface area (Å²) in [5.41, 5.74) is 4.83. The van der Waals surface area contributed by atoms with E-state index in [0.29, 0.717) is 0 Å². The molecule has 0 N–H and O–H groups in total. The third kappa shape index (κ3) is 1.63. The molecule has 13 heavy (non-hydrogen) atoms. The van der Waals surface area contributed by atoms with Crippen LogP contribution in [0.3, 0.4) is 0 Å². The van der Waals surface area contributed by atoms with Crippen molar-refractivity contribution in [3.63, 3.8) is 0 Å². The second-order valence-electron chi connectivity index (χ2n) is 3.97. The summed E-state index contributed by atoms with van der Waals surface area (Å²) in [7, 11) is 0. The van der Waals surface area contributed by atoms with Crippen LogP contribution in [-0.2, 0) is 12.8 Å². The molecule has 0 unspecified atom stereocenters. The van der Waals surface area contributed by atoms with E-state index < -0.39 is 0 Å². The molecule has 1 aliphatic carbocycles. The predicted octanol–water partition coefficient (Wildman–Crippen LogP) is 3.69. The molecule has 1 fully saturated rings. The van der Waals surface area contributed by atoms with Gasteiger partial charge in [-0.1, -0.05) is 32.0 Å². The molecule has 0 aliphatic heterocycles. The average Bonchev–Trinajstić information content (AvgIpc) is 2.99. The highest BCUT2D eigenvalue weighted by atomic mass is 14.3. The van der Waals surface area contributed by atoms with Crippen molar-refractivity contribution in [3.05, 3.63) is 34.9 Å². The van der Waals surface area contributed by atoms with Gasteiger partial charge in [-0.3, -0.25) is 0 Å². The van der Waals surface area contributed by atoms with Gasteiger partial charge in [0.1, 0.15) is 0 Å². The summed E-state index contributed by atoms with van der Waals surface area (Å²) >= 11 is 0. The van der Waals surface area contributed by atoms with Crippen LogP contribution in [0.4, 0.5) is 0 Å². The van der Waals surface area contributed by atoms with Gasteiger partial charge in [0.05, 0.1) is 0 Å². The van der Waals surface area contributed by atoms with Gasteiger partial charge in [-0.2, -0.15) is 0 Å². The molecule has 1 aromatic carbocycles. The largest absolute Gasteiger partial charge is 0.0617 e. The van der Waals surface area contributed by atoms with Crippen molar-refractivity contribution >= 4 is 0 Å². The Morgan fingerprint density at radius 1 is 1.15 bits per heavy atom. The van der Waals surface area contributed by atoms with E-state index in [1.54, 1.807) is 16.7 Å². The number of rotatable bonds is 3. The molecule has 1 saturated carbocycles. The van der Waals surface area contributed by atoms with Crippen LogP contribution in [0.5, 0.6) is 0 Å². The normalized spacial score (nSPS) is 16.2. The van der Waals surface area contributed by atoms with Gasteiger partial charge in [0.15, 0.2) is 0 Å².